The average molecular weight is 322 g/mol. The molecule has 4 aromatic rings. The summed E-state index contributed by atoms with van der Waals surface area (Å²) in [5, 5.41) is 9.08. The molecule has 0 saturated heterocycles. The molecule has 3 heterocycles. The van der Waals surface area contributed by atoms with E-state index in [1.807, 2.05) is 35.6 Å². The third-order valence-electron chi connectivity index (χ3n) is 4.56. The summed E-state index contributed by atoms with van der Waals surface area (Å²) in [4.78, 5) is 15.6. The Hall–Kier alpha value is -2.47. The van der Waals surface area contributed by atoms with Crippen LogP contribution in [0.4, 0.5) is 0 Å². The van der Waals surface area contributed by atoms with Gasteiger partial charge >= 0.3 is 0 Å². The van der Waals surface area contributed by atoms with Crippen LogP contribution in [0.3, 0.4) is 0 Å². The van der Waals surface area contributed by atoms with E-state index in [0.717, 1.165) is 40.7 Å². The predicted molar refractivity (Wildman–Crippen MR) is 90.7 cm³/mol. The smallest absolute Gasteiger partial charge is 0.268 e. The summed E-state index contributed by atoms with van der Waals surface area (Å²) in [6.45, 7) is 2.04. The van der Waals surface area contributed by atoms with Crippen molar-refractivity contribution >= 4 is 27.3 Å². The van der Waals surface area contributed by atoms with E-state index < -0.39 is 0 Å². The van der Waals surface area contributed by atoms with Crippen LogP contribution in [0, 0.1) is 6.92 Å². The number of benzene rings is 1. The quantitative estimate of drug-likeness (QED) is 0.541. The molecular weight excluding hydrogens is 308 g/mol. The number of aryl methyl sites for hydroxylation is 3. The van der Waals surface area contributed by atoms with E-state index >= 15 is 0 Å². The van der Waals surface area contributed by atoms with Crippen molar-refractivity contribution in [3.8, 4) is 5.69 Å². The van der Waals surface area contributed by atoms with Crippen LogP contribution in [-0.4, -0.2) is 19.2 Å². The molecule has 5 nitrogen and oxygen atoms in total. The van der Waals surface area contributed by atoms with Crippen LogP contribution >= 0.6 is 11.3 Å². The fourth-order valence-electron chi connectivity index (χ4n) is 3.43. The summed E-state index contributed by atoms with van der Waals surface area (Å²) >= 11 is 1.71. The average Bonchev–Trinajstić information content (AvgIpc) is 3.22. The Kier molecular flexibility index (Phi) is 2.56. The molecule has 0 spiro atoms. The molecule has 1 aromatic carbocycles. The van der Waals surface area contributed by atoms with Crippen molar-refractivity contribution in [3.05, 3.63) is 57.0 Å². The van der Waals surface area contributed by atoms with Crippen LogP contribution < -0.4 is 5.56 Å². The van der Waals surface area contributed by atoms with Crippen LogP contribution in [0.25, 0.3) is 21.7 Å². The summed E-state index contributed by atoms with van der Waals surface area (Å²) in [6.07, 6.45) is 4.91. The van der Waals surface area contributed by atoms with E-state index in [2.05, 4.69) is 10.2 Å². The minimum atomic E-state index is 0.0174. The monoisotopic (exact) mass is 322 g/mol. The number of aromatic nitrogens is 4. The summed E-state index contributed by atoms with van der Waals surface area (Å²) in [5.74, 6) is 0.575. The largest absolute Gasteiger partial charge is 0.268 e. The van der Waals surface area contributed by atoms with Crippen molar-refractivity contribution < 1.29 is 0 Å². The number of hydrogen-bond donors (Lipinski definition) is 0. The summed E-state index contributed by atoms with van der Waals surface area (Å²) in [6, 6.07) is 7.95. The van der Waals surface area contributed by atoms with Crippen molar-refractivity contribution in [1.29, 1.82) is 0 Å². The van der Waals surface area contributed by atoms with Gasteiger partial charge in [0.15, 0.2) is 0 Å². The first-order valence-electron chi connectivity index (χ1n) is 7.70. The van der Waals surface area contributed by atoms with Gasteiger partial charge in [-0.3, -0.25) is 9.20 Å². The molecule has 114 valence electrons. The van der Waals surface area contributed by atoms with Gasteiger partial charge in [0.2, 0.25) is 5.78 Å². The van der Waals surface area contributed by atoms with Crippen LogP contribution in [-0.2, 0) is 12.8 Å². The minimum absolute atomic E-state index is 0.0174. The Labute approximate surface area is 135 Å². The fourth-order valence-corrected chi connectivity index (χ4v) is 4.78. The number of fused-ring (bicyclic) bond motifs is 5. The van der Waals surface area contributed by atoms with E-state index in [1.165, 1.54) is 10.4 Å². The van der Waals surface area contributed by atoms with Gasteiger partial charge in [-0.2, -0.15) is 0 Å². The van der Waals surface area contributed by atoms with Gasteiger partial charge in [-0.15, -0.1) is 21.5 Å². The molecule has 3 aromatic heterocycles. The molecule has 0 saturated carbocycles. The summed E-state index contributed by atoms with van der Waals surface area (Å²) < 4.78 is 3.62. The van der Waals surface area contributed by atoms with Gasteiger partial charge in [0.25, 0.3) is 5.56 Å². The Morgan fingerprint density at radius 3 is 2.83 bits per heavy atom. The first kappa shape index (κ1) is 13.0. The number of thiophene rings is 1. The highest BCUT2D eigenvalue weighted by atomic mass is 32.1. The molecule has 0 amide bonds. The van der Waals surface area contributed by atoms with Gasteiger partial charge in [-0.25, -0.2) is 4.57 Å². The third kappa shape index (κ3) is 1.69. The molecule has 5 rings (SSSR count). The topological polar surface area (TPSA) is 52.2 Å². The molecule has 6 heteroatoms. The standard InChI is InChI=1S/C17H14N4OS/c1-10-5-7-11(8-6-10)21-15(22)14-12-3-2-4-13(12)23-16(14)20-9-18-19-17(20)21/h5-9H,2-4H2,1H3. The number of nitrogens with zero attached hydrogens (tertiary/aromatic N) is 4. The lowest BCUT2D eigenvalue weighted by Crippen LogP contribution is -2.21. The molecule has 23 heavy (non-hydrogen) atoms. The van der Waals surface area contributed by atoms with Crippen molar-refractivity contribution in [2.24, 2.45) is 0 Å². The van der Waals surface area contributed by atoms with Crippen LogP contribution in [0.15, 0.2) is 35.4 Å². The third-order valence-corrected chi connectivity index (χ3v) is 5.85. The summed E-state index contributed by atoms with van der Waals surface area (Å²) in [7, 11) is 0. The number of rotatable bonds is 1. The first-order valence-corrected chi connectivity index (χ1v) is 8.52. The maximum atomic E-state index is 13.2. The van der Waals surface area contributed by atoms with Crippen LogP contribution in [0.5, 0.6) is 0 Å². The highest BCUT2D eigenvalue weighted by Gasteiger charge is 2.24. The Bertz CT molecular complexity index is 1120. The second-order valence-corrected chi connectivity index (χ2v) is 7.10. The Morgan fingerprint density at radius 2 is 2.00 bits per heavy atom. The van der Waals surface area contributed by atoms with Crippen molar-refractivity contribution in [2.75, 3.05) is 0 Å². The highest BCUT2D eigenvalue weighted by Crippen LogP contribution is 2.36. The molecule has 0 fully saturated rings. The zero-order chi connectivity index (χ0) is 15.6. The molecule has 0 N–H and O–H groups in total. The minimum Gasteiger partial charge on any atom is -0.268 e. The predicted octanol–water partition coefficient (Wildman–Crippen LogP) is 2.89. The maximum Gasteiger partial charge on any atom is 0.268 e. The molecule has 0 unspecified atom stereocenters. The van der Waals surface area contributed by atoms with Crippen molar-refractivity contribution in [1.82, 2.24) is 19.2 Å². The molecule has 0 radical (unpaired) electrons. The first-order chi connectivity index (χ1) is 11.2. The summed E-state index contributed by atoms with van der Waals surface area (Å²) in [5.41, 5.74) is 3.24. The van der Waals surface area contributed by atoms with E-state index in [9.17, 15) is 4.79 Å². The lowest BCUT2D eigenvalue weighted by molar-refractivity contribution is 0.913. The van der Waals surface area contributed by atoms with Gasteiger partial charge in [0, 0.05) is 4.88 Å². The Morgan fingerprint density at radius 1 is 1.17 bits per heavy atom. The zero-order valence-electron chi connectivity index (χ0n) is 12.6. The second-order valence-electron chi connectivity index (χ2n) is 6.01. The van der Waals surface area contributed by atoms with E-state index in [-0.39, 0.29) is 5.56 Å². The van der Waals surface area contributed by atoms with Gasteiger partial charge < -0.3 is 0 Å². The van der Waals surface area contributed by atoms with E-state index in [4.69, 9.17) is 0 Å². The normalized spacial score (nSPS) is 14.0. The lowest BCUT2D eigenvalue weighted by Gasteiger charge is -2.09. The van der Waals surface area contributed by atoms with E-state index in [1.54, 1.807) is 22.2 Å². The van der Waals surface area contributed by atoms with Crippen LogP contribution in [0.1, 0.15) is 22.4 Å². The zero-order valence-corrected chi connectivity index (χ0v) is 13.4. The highest BCUT2D eigenvalue weighted by molar-refractivity contribution is 7.19. The van der Waals surface area contributed by atoms with E-state index in [0.29, 0.717) is 5.78 Å². The molecular formula is C17H14N4OS. The molecule has 0 bridgehead atoms. The van der Waals surface area contributed by atoms with Gasteiger partial charge in [-0.1, -0.05) is 17.7 Å². The van der Waals surface area contributed by atoms with Crippen LogP contribution in [0.2, 0.25) is 0 Å². The van der Waals surface area contributed by atoms with Crippen molar-refractivity contribution in [2.45, 2.75) is 26.2 Å². The number of hydrogen-bond acceptors (Lipinski definition) is 4. The SMILES string of the molecule is Cc1ccc(-n2c(=O)c3c4c(sc3n3cnnc23)CCC4)cc1. The fraction of sp³-hybridized carbons (Fsp3) is 0.235. The maximum absolute atomic E-state index is 13.2. The van der Waals surface area contributed by atoms with Gasteiger partial charge in [-0.05, 0) is 43.9 Å². The second kappa shape index (κ2) is 4.52. The molecule has 0 aliphatic heterocycles. The van der Waals surface area contributed by atoms with Crippen molar-refractivity contribution in [3.63, 3.8) is 0 Å². The molecule has 0 atom stereocenters. The molecule has 1 aliphatic rings. The van der Waals surface area contributed by atoms with Gasteiger partial charge in [0.05, 0.1) is 11.1 Å². The van der Waals surface area contributed by atoms with Gasteiger partial charge in [0.1, 0.15) is 11.2 Å². The Balaban J connectivity index is 1.97. The lowest BCUT2D eigenvalue weighted by atomic mass is 10.2. The molecule has 1 aliphatic carbocycles.